The maximum atomic E-state index is 5.49. The number of benzene rings is 2. The Morgan fingerprint density at radius 1 is 1.20 bits per heavy atom. The van der Waals surface area contributed by atoms with Gasteiger partial charge in [0, 0.05) is 0 Å². The molecule has 1 heterocycles. The molecule has 0 fully saturated rings. The molecule has 1 aromatic heterocycles. The summed E-state index contributed by atoms with van der Waals surface area (Å²) in [4.78, 5) is 4.26. The number of methoxy groups -OCH3 is 1. The lowest BCUT2D eigenvalue weighted by molar-refractivity contribution is 0.415. The summed E-state index contributed by atoms with van der Waals surface area (Å²) in [5.41, 5.74) is 5.22. The molecule has 5 nitrogen and oxygen atoms in total. The number of aromatic nitrogens is 1. The third-order valence-electron chi connectivity index (χ3n) is 2.76. The summed E-state index contributed by atoms with van der Waals surface area (Å²) in [6.45, 7) is 0. The van der Waals surface area contributed by atoms with Crippen LogP contribution < -0.4 is 10.2 Å². The summed E-state index contributed by atoms with van der Waals surface area (Å²) < 4.78 is 10.6. The maximum Gasteiger partial charge on any atom is 0.316 e. The second-order valence-corrected chi connectivity index (χ2v) is 4.13. The fourth-order valence-electron chi connectivity index (χ4n) is 1.80. The monoisotopic (exact) mass is 267 g/mol. The highest BCUT2D eigenvalue weighted by molar-refractivity contribution is 5.81. The Labute approximate surface area is 115 Å². The second-order valence-electron chi connectivity index (χ2n) is 4.13. The van der Waals surface area contributed by atoms with Gasteiger partial charge in [-0.2, -0.15) is 10.1 Å². The Balaban J connectivity index is 1.73. The van der Waals surface area contributed by atoms with Crippen molar-refractivity contribution in [3.8, 4) is 5.75 Å². The van der Waals surface area contributed by atoms with E-state index < -0.39 is 0 Å². The van der Waals surface area contributed by atoms with Crippen molar-refractivity contribution in [1.29, 1.82) is 0 Å². The third kappa shape index (κ3) is 2.61. The minimum absolute atomic E-state index is 0.366. The fraction of sp³-hybridized carbons (Fsp3) is 0.0667. The predicted octanol–water partition coefficient (Wildman–Crippen LogP) is 3.28. The summed E-state index contributed by atoms with van der Waals surface area (Å²) in [5.74, 6) is 0.788. The number of fused-ring (bicyclic) bond motifs is 1. The molecule has 5 heteroatoms. The molecule has 2 aromatic carbocycles. The standard InChI is InChI=1S/C15H13N3O2/c1-19-12-6-4-5-11(9-12)10-16-18-15-17-13-7-2-3-8-14(13)20-15/h2-10H,1H3,(H,17,18)/b16-10+. The van der Waals surface area contributed by atoms with Crippen LogP contribution >= 0.6 is 0 Å². The molecule has 0 amide bonds. The quantitative estimate of drug-likeness (QED) is 0.582. The Kier molecular flexibility index (Phi) is 3.33. The lowest BCUT2D eigenvalue weighted by atomic mass is 10.2. The van der Waals surface area contributed by atoms with Crippen molar-refractivity contribution in [2.24, 2.45) is 5.10 Å². The van der Waals surface area contributed by atoms with Gasteiger partial charge in [-0.15, -0.1) is 0 Å². The number of hydrogen-bond donors (Lipinski definition) is 1. The number of ether oxygens (including phenoxy) is 1. The van der Waals surface area contributed by atoms with Crippen LogP contribution in [0.2, 0.25) is 0 Å². The zero-order valence-electron chi connectivity index (χ0n) is 10.9. The first-order valence-corrected chi connectivity index (χ1v) is 6.14. The van der Waals surface area contributed by atoms with Crippen molar-refractivity contribution in [2.45, 2.75) is 0 Å². The van der Waals surface area contributed by atoms with Gasteiger partial charge in [-0.3, -0.25) is 0 Å². The van der Waals surface area contributed by atoms with Crippen LogP contribution in [0.25, 0.3) is 11.1 Å². The average Bonchev–Trinajstić information content (AvgIpc) is 2.90. The number of hydrogen-bond acceptors (Lipinski definition) is 5. The van der Waals surface area contributed by atoms with Crippen LogP contribution in [0.5, 0.6) is 5.75 Å². The predicted molar refractivity (Wildman–Crippen MR) is 78.2 cm³/mol. The van der Waals surface area contributed by atoms with Crippen molar-refractivity contribution in [3.05, 3.63) is 54.1 Å². The molecule has 0 aliphatic carbocycles. The highest BCUT2D eigenvalue weighted by Gasteiger charge is 2.02. The molecular weight excluding hydrogens is 254 g/mol. The summed E-state index contributed by atoms with van der Waals surface area (Å²) in [6, 6.07) is 15.5. The van der Waals surface area contributed by atoms with Crippen LogP contribution in [0.15, 0.2) is 58.0 Å². The topological polar surface area (TPSA) is 59.6 Å². The van der Waals surface area contributed by atoms with Crippen LogP contribution in [0.4, 0.5) is 6.01 Å². The van der Waals surface area contributed by atoms with E-state index in [9.17, 15) is 0 Å². The Morgan fingerprint density at radius 3 is 2.95 bits per heavy atom. The molecule has 20 heavy (non-hydrogen) atoms. The molecule has 0 radical (unpaired) electrons. The minimum atomic E-state index is 0.366. The third-order valence-corrected chi connectivity index (χ3v) is 2.76. The smallest absolute Gasteiger partial charge is 0.316 e. The molecule has 0 atom stereocenters. The summed E-state index contributed by atoms with van der Waals surface area (Å²) >= 11 is 0. The van der Waals surface area contributed by atoms with Gasteiger partial charge in [0.1, 0.15) is 11.3 Å². The lowest BCUT2D eigenvalue weighted by Gasteiger charge is -1.99. The normalized spacial score (nSPS) is 11.1. The average molecular weight is 267 g/mol. The Morgan fingerprint density at radius 2 is 2.10 bits per heavy atom. The molecule has 3 rings (SSSR count). The van der Waals surface area contributed by atoms with Crippen LogP contribution in [0.1, 0.15) is 5.56 Å². The maximum absolute atomic E-state index is 5.49. The van der Waals surface area contributed by atoms with Crippen molar-refractivity contribution in [1.82, 2.24) is 4.98 Å². The van der Waals surface area contributed by atoms with E-state index in [0.717, 1.165) is 22.4 Å². The first kappa shape index (κ1) is 12.2. The second kappa shape index (κ2) is 5.44. The first-order valence-electron chi connectivity index (χ1n) is 6.14. The molecular formula is C15H13N3O2. The molecule has 3 aromatic rings. The van der Waals surface area contributed by atoms with E-state index in [4.69, 9.17) is 9.15 Å². The number of nitrogens with one attached hydrogen (secondary N) is 1. The van der Waals surface area contributed by atoms with Crippen LogP contribution in [0.3, 0.4) is 0 Å². The molecule has 0 aliphatic heterocycles. The number of rotatable bonds is 4. The number of anilines is 1. The zero-order valence-corrected chi connectivity index (χ0v) is 10.9. The largest absolute Gasteiger partial charge is 0.497 e. The van der Waals surface area contributed by atoms with Gasteiger partial charge >= 0.3 is 6.01 Å². The molecule has 0 aliphatic rings. The van der Waals surface area contributed by atoms with Crippen LogP contribution in [-0.4, -0.2) is 18.3 Å². The summed E-state index contributed by atoms with van der Waals surface area (Å²) in [6.07, 6.45) is 1.68. The number of oxazole rings is 1. The molecule has 0 saturated carbocycles. The number of hydrazone groups is 1. The summed E-state index contributed by atoms with van der Waals surface area (Å²) in [7, 11) is 1.63. The highest BCUT2D eigenvalue weighted by Crippen LogP contribution is 2.18. The fourth-order valence-corrected chi connectivity index (χ4v) is 1.80. The molecule has 1 N–H and O–H groups in total. The zero-order chi connectivity index (χ0) is 13.8. The van der Waals surface area contributed by atoms with E-state index in [1.807, 2.05) is 48.5 Å². The van der Waals surface area contributed by atoms with Crippen LogP contribution in [-0.2, 0) is 0 Å². The van der Waals surface area contributed by atoms with Gasteiger partial charge in [-0.05, 0) is 29.8 Å². The minimum Gasteiger partial charge on any atom is -0.497 e. The molecule has 100 valence electrons. The molecule has 0 spiro atoms. The van der Waals surface area contributed by atoms with Gasteiger partial charge in [0.05, 0.1) is 13.3 Å². The van der Waals surface area contributed by atoms with Crippen LogP contribution in [0, 0.1) is 0 Å². The van der Waals surface area contributed by atoms with Gasteiger partial charge in [0.15, 0.2) is 5.58 Å². The highest BCUT2D eigenvalue weighted by atomic mass is 16.5. The molecule has 0 saturated heterocycles. The Bertz CT molecular complexity index is 716. The van der Waals surface area contributed by atoms with Gasteiger partial charge in [0.2, 0.25) is 0 Å². The van der Waals surface area contributed by atoms with Gasteiger partial charge in [0.25, 0.3) is 0 Å². The Hall–Kier alpha value is -2.82. The summed E-state index contributed by atoms with van der Waals surface area (Å²) in [5, 5.41) is 4.10. The first-order chi connectivity index (χ1) is 9.85. The van der Waals surface area contributed by atoms with E-state index in [1.165, 1.54) is 0 Å². The molecule has 0 bridgehead atoms. The van der Waals surface area contributed by atoms with E-state index in [0.29, 0.717) is 6.01 Å². The van der Waals surface area contributed by atoms with E-state index >= 15 is 0 Å². The number of para-hydroxylation sites is 2. The van der Waals surface area contributed by atoms with Gasteiger partial charge in [-0.25, -0.2) is 5.43 Å². The molecule has 0 unspecified atom stereocenters. The van der Waals surface area contributed by atoms with E-state index in [-0.39, 0.29) is 0 Å². The SMILES string of the molecule is COc1cccc(/C=N/Nc2nc3ccccc3o2)c1. The van der Waals surface area contributed by atoms with E-state index in [2.05, 4.69) is 15.5 Å². The number of nitrogens with zero attached hydrogens (tertiary/aromatic N) is 2. The lowest BCUT2D eigenvalue weighted by Crippen LogP contribution is -1.91. The van der Waals surface area contributed by atoms with Crippen molar-refractivity contribution < 1.29 is 9.15 Å². The van der Waals surface area contributed by atoms with Gasteiger partial charge in [-0.1, -0.05) is 24.3 Å². The van der Waals surface area contributed by atoms with Crippen molar-refractivity contribution in [3.63, 3.8) is 0 Å². The van der Waals surface area contributed by atoms with Crippen molar-refractivity contribution >= 4 is 23.3 Å². The van der Waals surface area contributed by atoms with E-state index in [1.54, 1.807) is 13.3 Å². The van der Waals surface area contributed by atoms with Gasteiger partial charge < -0.3 is 9.15 Å². The van der Waals surface area contributed by atoms with Crippen molar-refractivity contribution in [2.75, 3.05) is 12.5 Å².